The third kappa shape index (κ3) is 2.66. The van der Waals surface area contributed by atoms with Gasteiger partial charge in [0.2, 0.25) is 11.5 Å². The van der Waals surface area contributed by atoms with Gasteiger partial charge in [-0.1, -0.05) is 5.16 Å². The van der Waals surface area contributed by atoms with Crippen molar-refractivity contribution in [3.05, 3.63) is 17.7 Å². The van der Waals surface area contributed by atoms with E-state index in [1.807, 2.05) is 0 Å². The molecule has 1 aromatic rings. The molecule has 6 nitrogen and oxygen atoms in total. The fourth-order valence-corrected chi connectivity index (χ4v) is 1.35. The maximum atomic E-state index is 11.5. The summed E-state index contributed by atoms with van der Waals surface area (Å²) in [5, 5.41) is 11.0. The first-order chi connectivity index (χ1) is 8.17. The summed E-state index contributed by atoms with van der Waals surface area (Å²) in [6, 6.07) is 2.96. The Morgan fingerprint density at radius 3 is 2.06 bits per heavy atom. The fourth-order valence-electron chi connectivity index (χ4n) is 1.35. The maximum Gasteiger partial charge on any atom is 0.207 e. The van der Waals surface area contributed by atoms with Crippen molar-refractivity contribution in [2.75, 3.05) is 21.3 Å². The van der Waals surface area contributed by atoms with Gasteiger partial charge in [-0.05, 0) is 12.1 Å². The summed E-state index contributed by atoms with van der Waals surface area (Å²) in [5.41, 5.74) is 0.275. The zero-order valence-corrected chi connectivity index (χ0v) is 9.76. The zero-order valence-electron chi connectivity index (χ0n) is 9.76. The van der Waals surface area contributed by atoms with Crippen LogP contribution in [0, 0.1) is 0 Å². The molecule has 6 heteroatoms. The Morgan fingerprint density at radius 2 is 1.71 bits per heavy atom. The summed E-state index contributed by atoms with van der Waals surface area (Å²) in [5.74, 6) is 0.655. The van der Waals surface area contributed by atoms with E-state index in [4.69, 9.17) is 19.4 Å². The van der Waals surface area contributed by atoms with Crippen molar-refractivity contribution in [3.8, 4) is 17.2 Å². The van der Waals surface area contributed by atoms with Gasteiger partial charge in [0.15, 0.2) is 11.5 Å². The Morgan fingerprint density at radius 1 is 1.18 bits per heavy atom. The van der Waals surface area contributed by atoms with E-state index in [0.29, 0.717) is 17.2 Å². The summed E-state index contributed by atoms with van der Waals surface area (Å²) in [4.78, 5) is 11.5. The van der Waals surface area contributed by atoms with Gasteiger partial charge in [-0.25, -0.2) is 0 Å². The van der Waals surface area contributed by atoms with E-state index in [9.17, 15) is 4.79 Å². The first-order valence-corrected chi connectivity index (χ1v) is 4.69. The second-order valence-corrected chi connectivity index (χ2v) is 3.02. The molecule has 0 aliphatic carbocycles. The fraction of sp³-hybridized carbons (Fsp3) is 0.273. The van der Waals surface area contributed by atoms with Crippen LogP contribution in [0.3, 0.4) is 0 Å². The van der Waals surface area contributed by atoms with Crippen LogP contribution in [0.5, 0.6) is 17.2 Å². The lowest BCUT2D eigenvalue weighted by atomic mass is 10.1. The lowest BCUT2D eigenvalue weighted by Crippen LogP contribution is -2.03. The topological polar surface area (TPSA) is 77.4 Å². The molecule has 0 amide bonds. The van der Waals surface area contributed by atoms with Gasteiger partial charge in [0.25, 0.3) is 0 Å². The molecule has 0 fully saturated rings. The number of carbonyl (C=O) groups excluding carboxylic acids is 1. The predicted molar refractivity (Wildman–Crippen MR) is 60.7 cm³/mol. The number of benzene rings is 1. The Hall–Kier alpha value is -2.24. The Labute approximate surface area is 98.4 Å². The molecule has 0 saturated carbocycles. The molecule has 92 valence electrons. The average molecular weight is 239 g/mol. The van der Waals surface area contributed by atoms with Gasteiger partial charge in [-0.15, -0.1) is 0 Å². The van der Waals surface area contributed by atoms with Crippen molar-refractivity contribution in [2.24, 2.45) is 5.16 Å². The van der Waals surface area contributed by atoms with Crippen LogP contribution in [0.1, 0.15) is 10.4 Å². The molecule has 0 spiro atoms. The molecule has 17 heavy (non-hydrogen) atoms. The van der Waals surface area contributed by atoms with Gasteiger partial charge in [0.05, 0.1) is 21.3 Å². The molecular formula is C11H13NO5. The number of methoxy groups -OCH3 is 3. The van der Waals surface area contributed by atoms with Crippen LogP contribution in [0.15, 0.2) is 17.3 Å². The van der Waals surface area contributed by atoms with Crippen LogP contribution in [0.4, 0.5) is 0 Å². The second-order valence-electron chi connectivity index (χ2n) is 3.02. The first-order valence-electron chi connectivity index (χ1n) is 4.69. The van der Waals surface area contributed by atoms with Crippen LogP contribution >= 0.6 is 0 Å². The summed E-state index contributed by atoms with van der Waals surface area (Å²) in [6.07, 6.45) is 0.792. The number of Topliss-reactive ketones (excluding diaryl/α,β-unsaturated/α-hetero) is 1. The Kier molecular flexibility index (Phi) is 4.33. The van der Waals surface area contributed by atoms with E-state index < -0.39 is 5.78 Å². The van der Waals surface area contributed by atoms with Crippen LogP contribution in [-0.4, -0.2) is 38.5 Å². The average Bonchev–Trinajstić information content (AvgIpc) is 2.37. The Balaban J connectivity index is 3.31. The minimum Gasteiger partial charge on any atom is -0.493 e. The largest absolute Gasteiger partial charge is 0.493 e. The molecule has 1 N–H and O–H groups in total. The van der Waals surface area contributed by atoms with E-state index in [0.717, 1.165) is 6.21 Å². The highest BCUT2D eigenvalue weighted by Gasteiger charge is 2.15. The quantitative estimate of drug-likeness (QED) is 0.363. The van der Waals surface area contributed by atoms with Crippen molar-refractivity contribution in [1.29, 1.82) is 0 Å². The van der Waals surface area contributed by atoms with Crippen molar-refractivity contribution in [1.82, 2.24) is 0 Å². The van der Waals surface area contributed by atoms with Crippen molar-refractivity contribution in [3.63, 3.8) is 0 Å². The smallest absolute Gasteiger partial charge is 0.207 e. The lowest BCUT2D eigenvalue weighted by Gasteiger charge is -2.12. The molecule has 0 aliphatic heterocycles. The highest BCUT2D eigenvalue weighted by molar-refractivity contribution is 6.35. The second kappa shape index (κ2) is 5.74. The molecule has 0 saturated heterocycles. The summed E-state index contributed by atoms with van der Waals surface area (Å²) >= 11 is 0. The molecule has 0 unspecified atom stereocenters. The van der Waals surface area contributed by atoms with Gasteiger partial charge >= 0.3 is 0 Å². The van der Waals surface area contributed by atoms with E-state index in [2.05, 4.69) is 5.16 Å². The van der Waals surface area contributed by atoms with E-state index in [1.54, 1.807) is 0 Å². The standard InChI is InChI=1S/C11H13NO5/c1-15-9-4-7(8(13)6-12-14)5-10(16-2)11(9)17-3/h4-6,14H,1-3H3/b12-6+. The van der Waals surface area contributed by atoms with Gasteiger partial charge in [-0.3, -0.25) is 4.79 Å². The molecule has 1 rings (SSSR count). The molecule has 0 aromatic heterocycles. The van der Waals surface area contributed by atoms with E-state index >= 15 is 0 Å². The third-order valence-corrected chi connectivity index (χ3v) is 2.12. The van der Waals surface area contributed by atoms with Crippen LogP contribution in [0.2, 0.25) is 0 Å². The number of oxime groups is 1. The number of rotatable bonds is 5. The van der Waals surface area contributed by atoms with Crippen LogP contribution < -0.4 is 14.2 Å². The summed E-state index contributed by atoms with van der Waals surface area (Å²) in [7, 11) is 4.37. The SMILES string of the molecule is COc1cc(C(=O)/C=N/O)cc(OC)c1OC. The molecular weight excluding hydrogens is 226 g/mol. The summed E-state index contributed by atoms with van der Waals surface area (Å²) in [6.45, 7) is 0. The normalized spacial score (nSPS) is 10.3. The Bertz CT molecular complexity index is 416. The van der Waals surface area contributed by atoms with E-state index in [1.165, 1.54) is 33.5 Å². The van der Waals surface area contributed by atoms with Gasteiger partial charge in [0.1, 0.15) is 6.21 Å². The van der Waals surface area contributed by atoms with E-state index in [-0.39, 0.29) is 5.56 Å². The number of hydrogen-bond donors (Lipinski definition) is 1. The number of ketones is 1. The molecule has 0 aliphatic rings. The molecule has 0 heterocycles. The minimum atomic E-state index is -0.466. The third-order valence-electron chi connectivity index (χ3n) is 2.12. The molecule has 0 atom stereocenters. The number of hydrogen-bond acceptors (Lipinski definition) is 6. The maximum absolute atomic E-state index is 11.5. The molecule has 1 aromatic carbocycles. The predicted octanol–water partition coefficient (Wildman–Crippen LogP) is 1.36. The van der Waals surface area contributed by atoms with Crippen molar-refractivity contribution < 1.29 is 24.2 Å². The first kappa shape index (κ1) is 12.8. The zero-order chi connectivity index (χ0) is 12.8. The van der Waals surface area contributed by atoms with Crippen LogP contribution in [0.25, 0.3) is 0 Å². The summed E-state index contributed by atoms with van der Waals surface area (Å²) < 4.78 is 15.3. The highest BCUT2D eigenvalue weighted by Crippen LogP contribution is 2.38. The van der Waals surface area contributed by atoms with Gasteiger partial charge < -0.3 is 19.4 Å². The molecule has 0 radical (unpaired) electrons. The number of carbonyl (C=O) groups is 1. The molecule has 0 bridgehead atoms. The van der Waals surface area contributed by atoms with Crippen molar-refractivity contribution >= 4 is 12.0 Å². The van der Waals surface area contributed by atoms with Gasteiger partial charge in [0, 0.05) is 5.56 Å². The number of ether oxygens (including phenoxy) is 3. The van der Waals surface area contributed by atoms with Crippen LogP contribution in [-0.2, 0) is 0 Å². The highest BCUT2D eigenvalue weighted by atomic mass is 16.5. The number of nitrogens with zero attached hydrogens (tertiary/aromatic N) is 1. The minimum absolute atomic E-state index is 0.275. The monoisotopic (exact) mass is 239 g/mol. The van der Waals surface area contributed by atoms with Crippen molar-refractivity contribution in [2.45, 2.75) is 0 Å². The van der Waals surface area contributed by atoms with Gasteiger partial charge in [-0.2, -0.15) is 0 Å². The lowest BCUT2D eigenvalue weighted by molar-refractivity contribution is 0.106.